The molecule has 2 unspecified atom stereocenters. The molecular weight excluding hydrogens is 280 g/mol. The normalized spacial score (nSPS) is 17.9. The van der Waals surface area contributed by atoms with E-state index in [9.17, 15) is 9.59 Å². The number of hydrogen-bond donors (Lipinski definition) is 1. The second-order valence-corrected chi connectivity index (χ2v) is 5.56. The first-order valence-corrected chi connectivity index (χ1v) is 7.33. The molecule has 1 N–H and O–H groups in total. The number of benzene rings is 1. The Morgan fingerprint density at radius 1 is 1.27 bits per heavy atom. The van der Waals surface area contributed by atoms with E-state index in [-0.39, 0.29) is 23.6 Å². The van der Waals surface area contributed by atoms with Gasteiger partial charge in [0.1, 0.15) is 6.04 Å². The average molecular weight is 298 g/mol. The van der Waals surface area contributed by atoms with Gasteiger partial charge >= 0.3 is 0 Å². The zero-order valence-electron chi connectivity index (χ0n) is 12.6. The van der Waals surface area contributed by atoms with Crippen molar-refractivity contribution in [2.45, 2.75) is 32.4 Å². The Morgan fingerprint density at radius 2 is 2.05 bits per heavy atom. The van der Waals surface area contributed by atoms with Crippen LogP contribution in [0, 0.1) is 0 Å². The molecule has 0 saturated heterocycles. The molecule has 0 fully saturated rings. The summed E-state index contributed by atoms with van der Waals surface area (Å²) in [6.07, 6.45) is 2.26. The third-order valence-electron chi connectivity index (χ3n) is 3.91. The minimum absolute atomic E-state index is 0.0906. The lowest BCUT2D eigenvalue weighted by atomic mass is 10.1. The van der Waals surface area contributed by atoms with Gasteiger partial charge in [-0.2, -0.15) is 0 Å². The van der Waals surface area contributed by atoms with Gasteiger partial charge in [-0.1, -0.05) is 18.2 Å². The number of para-hydroxylation sites is 1. The fourth-order valence-corrected chi connectivity index (χ4v) is 2.85. The molecule has 0 saturated carbocycles. The SMILES string of the molecule is CC(NC(=O)c1ccco1)C(=O)N1c2ccccc2CC1C. The molecule has 5 nitrogen and oxygen atoms in total. The number of anilines is 1. The highest BCUT2D eigenvalue weighted by atomic mass is 16.3. The van der Waals surface area contributed by atoms with E-state index in [0.29, 0.717) is 0 Å². The van der Waals surface area contributed by atoms with Crippen LogP contribution >= 0.6 is 0 Å². The van der Waals surface area contributed by atoms with Gasteiger partial charge < -0.3 is 14.6 Å². The van der Waals surface area contributed by atoms with Gasteiger partial charge in [0.2, 0.25) is 5.91 Å². The van der Waals surface area contributed by atoms with E-state index < -0.39 is 6.04 Å². The third kappa shape index (κ3) is 2.50. The molecule has 114 valence electrons. The zero-order valence-corrected chi connectivity index (χ0v) is 12.6. The molecule has 1 aliphatic rings. The fraction of sp³-hybridized carbons (Fsp3) is 0.294. The van der Waals surface area contributed by atoms with Crippen LogP contribution in [0.1, 0.15) is 30.0 Å². The average Bonchev–Trinajstić information content (AvgIpc) is 3.13. The van der Waals surface area contributed by atoms with Crippen LogP contribution in [0.2, 0.25) is 0 Å². The predicted octanol–water partition coefficient (Wildman–Crippen LogP) is 2.38. The Bertz CT molecular complexity index is 694. The van der Waals surface area contributed by atoms with Crippen LogP contribution in [0.15, 0.2) is 47.1 Å². The Hall–Kier alpha value is -2.56. The van der Waals surface area contributed by atoms with Gasteiger partial charge in [-0.15, -0.1) is 0 Å². The molecule has 0 radical (unpaired) electrons. The van der Waals surface area contributed by atoms with Crippen LogP contribution in [-0.4, -0.2) is 23.9 Å². The zero-order chi connectivity index (χ0) is 15.7. The van der Waals surface area contributed by atoms with Crippen molar-refractivity contribution < 1.29 is 14.0 Å². The van der Waals surface area contributed by atoms with E-state index in [1.807, 2.05) is 31.2 Å². The van der Waals surface area contributed by atoms with Crippen LogP contribution in [0.5, 0.6) is 0 Å². The quantitative estimate of drug-likeness (QED) is 0.946. The van der Waals surface area contributed by atoms with Crippen molar-refractivity contribution >= 4 is 17.5 Å². The smallest absolute Gasteiger partial charge is 0.287 e. The largest absolute Gasteiger partial charge is 0.459 e. The molecule has 1 aromatic heterocycles. The first-order valence-electron chi connectivity index (χ1n) is 7.33. The number of furan rings is 1. The van der Waals surface area contributed by atoms with Crippen LogP contribution < -0.4 is 10.2 Å². The lowest BCUT2D eigenvalue weighted by Crippen LogP contribution is -2.49. The highest BCUT2D eigenvalue weighted by molar-refractivity contribution is 6.02. The van der Waals surface area contributed by atoms with Crippen LogP contribution in [-0.2, 0) is 11.2 Å². The molecule has 2 aromatic rings. The number of amides is 2. The molecule has 22 heavy (non-hydrogen) atoms. The van der Waals surface area contributed by atoms with E-state index >= 15 is 0 Å². The van der Waals surface area contributed by atoms with Gasteiger partial charge in [-0.3, -0.25) is 9.59 Å². The van der Waals surface area contributed by atoms with Crippen LogP contribution in [0.3, 0.4) is 0 Å². The number of carbonyl (C=O) groups excluding carboxylic acids is 2. The molecule has 1 aliphatic heterocycles. The van der Waals surface area contributed by atoms with Crippen molar-refractivity contribution in [1.82, 2.24) is 5.32 Å². The second-order valence-electron chi connectivity index (χ2n) is 5.56. The molecule has 0 spiro atoms. The fourth-order valence-electron chi connectivity index (χ4n) is 2.85. The highest BCUT2D eigenvalue weighted by Gasteiger charge is 2.33. The Balaban J connectivity index is 1.75. The molecule has 2 amide bonds. The molecule has 2 heterocycles. The van der Waals surface area contributed by atoms with Crippen molar-refractivity contribution in [2.75, 3.05) is 4.90 Å². The first kappa shape index (κ1) is 14.4. The molecule has 1 aromatic carbocycles. The van der Waals surface area contributed by atoms with Crippen molar-refractivity contribution in [1.29, 1.82) is 0 Å². The summed E-state index contributed by atoms with van der Waals surface area (Å²) in [6, 6.07) is 10.5. The lowest BCUT2D eigenvalue weighted by molar-refractivity contribution is -0.120. The molecule has 0 aliphatic carbocycles. The van der Waals surface area contributed by atoms with Gasteiger partial charge in [0.25, 0.3) is 5.91 Å². The minimum atomic E-state index is -0.619. The number of nitrogens with zero attached hydrogens (tertiary/aromatic N) is 1. The number of nitrogens with one attached hydrogen (secondary N) is 1. The third-order valence-corrected chi connectivity index (χ3v) is 3.91. The summed E-state index contributed by atoms with van der Waals surface area (Å²) < 4.78 is 5.04. The van der Waals surface area contributed by atoms with E-state index in [4.69, 9.17) is 4.42 Å². The monoisotopic (exact) mass is 298 g/mol. The molecule has 5 heteroatoms. The molecule has 2 atom stereocenters. The Labute approximate surface area is 128 Å². The maximum atomic E-state index is 12.7. The maximum absolute atomic E-state index is 12.7. The molecular formula is C17H18N2O3. The Kier molecular flexibility index (Phi) is 3.71. The second kappa shape index (κ2) is 5.67. The van der Waals surface area contributed by atoms with Gasteiger partial charge in [0.15, 0.2) is 5.76 Å². The number of hydrogen-bond acceptors (Lipinski definition) is 3. The van der Waals surface area contributed by atoms with Gasteiger partial charge in [0.05, 0.1) is 6.26 Å². The van der Waals surface area contributed by atoms with Crippen molar-refractivity contribution in [3.8, 4) is 0 Å². The minimum Gasteiger partial charge on any atom is -0.459 e. The summed E-state index contributed by atoms with van der Waals surface area (Å²) in [5.41, 5.74) is 2.09. The summed E-state index contributed by atoms with van der Waals surface area (Å²) in [5, 5.41) is 2.69. The van der Waals surface area contributed by atoms with E-state index in [1.165, 1.54) is 6.26 Å². The number of rotatable bonds is 3. The lowest BCUT2D eigenvalue weighted by Gasteiger charge is -2.26. The van der Waals surface area contributed by atoms with Crippen molar-refractivity contribution in [3.63, 3.8) is 0 Å². The summed E-state index contributed by atoms with van der Waals surface area (Å²) in [7, 11) is 0. The van der Waals surface area contributed by atoms with E-state index in [1.54, 1.807) is 24.0 Å². The summed E-state index contributed by atoms with van der Waals surface area (Å²) >= 11 is 0. The maximum Gasteiger partial charge on any atom is 0.287 e. The van der Waals surface area contributed by atoms with Crippen LogP contribution in [0.25, 0.3) is 0 Å². The summed E-state index contributed by atoms with van der Waals surface area (Å²) in [6.45, 7) is 3.70. The highest BCUT2D eigenvalue weighted by Crippen LogP contribution is 2.32. The standard InChI is InChI=1S/C17H18N2O3/c1-11-10-13-6-3-4-7-14(13)19(11)17(21)12(2)18-16(20)15-8-5-9-22-15/h3-9,11-12H,10H2,1-2H3,(H,18,20). The van der Waals surface area contributed by atoms with E-state index in [2.05, 4.69) is 5.32 Å². The molecule has 0 bridgehead atoms. The van der Waals surface area contributed by atoms with Crippen molar-refractivity contribution in [3.05, 3.63) is 54.0 Å². The number of fused-ring (bicyclic) bond motifs is 1. The Morgan fingerprint density at radius 3 is 2.77 bits per heavy atom. The van der Waals surface area contributed by atoms with Crippen LogP contribution in [0.4, 0.5) is 5.69 Å². The summed E-state index contributed by atoms with van der Waals surface area (Å²) in [4.78, 5) is 26.5. The number of carbonyl (C=O) groups is 2. The first-order chi connectivity index (χ1) is 10.6. The van der Waals surface area contributed by atoms with Gasteiger partial charge in [-0.05, 0) is 44.0 Å². The van der Waals surface area contributed by atoms with Gasteiger partial charge in [-0.25, -0.2) is 0 Å². The predicted molar refractivity (Wildman–Crippen MR) is 82.7 cm³/mol. The van der Waals surface area contributed by atoms with E-state index in [0.717, 1.165) is 17.7 Å². The van der Waals surface area contributed by atoms with Gasteiger partial charge in [0, 0.05) is 11.7 Å². The van der Waals surface area contributed by atoms with Crippen molar-refractivity contribution in [2.24, 2.45) is 0 Å². The summed E-state index contributed by atoms with van der Waals surface area (Å²) in [5.74, 6) is -0.294. The topological polar surface area (TPSA) is 62.6 Å². The molecule has 3 rings (SSSR count).